The standard InChI is InChI=1S/C14H18O8/c1-6-10(15)11(16)12(17)14(21-6)22-8-4-3-7(13(18)19)5-9(8)20-2/h3-6,10-12,14-17H,1-2H3,(H,18,19). The van der Waals surface area contributed by atoms with Crippen molar-refractivity contribution >= 4 is 5.97 Å². The van der Waals surface area contributed by atoms with E-state index in [0.29, 0.717) is 0 Å². The molecular formula is C14H18O8. The fraction of sp³-hybridized carbons (Fsp3) is 0.500. The molecule has 0 aromatic heterocycles. The number of rotatable bonds is 4. The van der Waals surface area contributed by atoms with Gasteiger partial charge < -0.3 is 34.6 Å². The third-order valence-electron chi connectivity index (χ3n) is 3.46. The molecule has 0 spiro atoms. The largest absolute Gasteiger partial charge is 0.493 e. The van der Waals surface area contributed by atoms with Gasteiger partial charge in [0.05, 0.1) is 18.8 Å². The number of carboxylic acids is 1. The predicted octanol–water partition coefficient (Wildman–Crippen LogP) is -0.400. The van der Waals surface area contributed by atoms with E-state index in [1.54, 1.807) is 0 Å². The molecule has 0 amide bonds. The molecule has 2 rings (SSSR count). The van der Waals surface area contributed by atoms with Gasteiger partial charge in [-0.25, -0.2) is 4.79 Å². The second-order valence-corrected chi connectivity index (χ2v) is 4.97. The lowest BCUT2D eigenvalue weighted by atomic mass is 10.00. The quantitative estimate of drug-likeness (QED) is 0.591. The number of aliphatic hydroxyl groups excluding tert-OH is 3. The van der Waals surface area contributed by atoms with Gasteiger partial charge in [0.25, 0.3) is 0 Å². The van der Waals surface area contributed by atoms with Gasteiger partial charge in [0.2, 0.25) is 6.29 Å². The van der Waals surface area contributed by atoms with Crippen molar-refractivity contribution in [3.05, 3.63) is 23.8 Å². The van der Waals surface area contributed by atoms with Gasteiger partial charge in [0.1, 0.15) is 18.3 Å². The van der Waals surface area contributed by atoms with Gasteiger partial charge in [-0.15, -0.1) is 0 Å². The molecule has 0 radical (unpaired) electrons. The Morgan fingerprint density at radius 1 is 1.14 bits per heavy atom. The van der Waals surface area contributed by atoms with Crippen molar-refractivity contribution < 1.29 is 39.4 Å². The summed E-state index contributed by atoms with van der Waals surface area (Å²) in [6.07, 6.45) is -6.08. The normalized spacial score (nSPS) is 31.6. The van der Waals surface area contributed by atoms with Crippen LogP contribution in [0, 0.1) is 0 Å². The van der Waals surface area contributed by atoms with Crippen LogP contribution in [-0.4, -0.2) is 64.2 Å². The van der Waals surface area contributed by atoms with Crippen LogP contribution in [0.5, 0.6) is 11.5 Å². The van der Waals surface area contributed by atoms with E-state index in [-0.39, 0.29) is 17.1 Å². The molecule has 22 heavy (non-hydrogen) atoms. The van der Waals surface area contributed by atoms with Crippen LogP contribution in [0.2, 0.25) is 0 Å². The van der Waals surface area contributed by atoms with Crippen molar-refractivity contribution in [3.8, 4) is 11.5 Å². The fourth-order valence-corrected chi connectivity index (χ4v) is 2.13. The summed E-state index contributed by atoms with van der Waals surface area (Å²) in [4.78, 5) is 10.9. The molecule has 122 valence electrons. The van der Waals surface area contributed by atoms with E-state index in [9.17, 15) is 20.1 Å². The van der Waals surface area contributed by atoms with Crippen molar-refractivity contribution in [3.63, 3.8) is 0 Å². The molecule has 1 aliphatic heterocycles. The summed E-state index contributed by atoms with van der Waals surface area (Å²) in [7, 11) is 1.34. The molecule has 0 bridgehead atoms. The Morgan fingerprint density at radius 3 is 2.41 bits per heavy atom. The van der Waals surface area contributed by atoms with Gasteiger partial charge in [-0.1, -0.05) is 0 Å². The van der Waals surface area contributed by atoms with E-state index in [1.807, 2.05) is 0 Å². The van der Waals surface area contributed by atoms with E-state index >= 15 is 0 Å². The Bertz CT molecular complexity index is 546. The van der Waals surface area contributed by atoms with Crippen molar-refractivity contribution in [1.82, 2.24) is 0 Å². The molecule has 5 unspecified atom stereocenters. The number of benzene rings is 1. The first-order valence-corrected chi connectivity index (χ1v) is 6.62. The van der Waals surface area contributed by atoms with Crippen LogP contribution in [0.4, 0.5) is 0 Å². The summed E-state index contributed by atoms with van der Waals surface area (Å²) in [6.45, 7) is 1.53. The Balaban J connectivity index is 2.21. The van der Waals surface area contributed by atoms with E-state index in [4.69, 9.17) is 19.3 Å². The predicted molar refractivity (Wildman–Crippen MR) is 72.9 cm³/mol. The van der Waals surface area contributed by atoms with Crippen molar-refractivity contribution in [2.45, 2.75) is 37.6 Å². The average Bonchev–Trinajstić information content (AvgIpc) is 2.50. The van der Waals surface area contributed by atoms with Crippen LogP contribution in [0.1, 0.15) is 17.3 Å². The second-order valence-electron chi connectivity index (χ2n) is 4.97. The summed E-state index contributed by atoms with van der Waals surface area (Å²) in [5.41, 5.74) is 0.0122. The molecule has 1 aromatic rings. The van der Waals surface area contributed by atoms with Crippen LogP contribution >= 0.6 is 0 Å². The monoisotopic (exact) mass is 314 g/mol. The maximum Gasteiger partial charge on any atom is 0.335 e. The summed E-state index contributed by atoms with van der Waals surface area (Å²) in [5.74, 6) is -0.831. The van der Waals surface area contributed by atoms with Gasteiger partial charge in [0.15, 0.2) is 11.5 Å². The molecule has 0 saturated carbocycles. The molecule has 1 heterocycles. The van der Waals surface area contributed by atoms with Crippen LogP contribution in [0.15, 0.2) is 18.2 Å². The minimum atomic E-state index is -1.46. The summed E-state index contributed by atoms with van der Waals surface area (Å²) in [6, 6.07) is 3.94. The Labute approximate surface area is 126 Å². The minimum absolute atomic E-state index is 0.0122. The maximum atomic E-state index is 10.9. The maximum absolute atomic E-state index is 10.9. The second kappa shape index (κ2) is 6.49. The van der Waals surface area contributed by atoms with E-state index < -0.39 is 36.7 Å². The average molecular weight is 314 g/mol. The first kappa shape index (κ1) is 16.5. The van der Waals surface area contributed by atoms with Gasteiger partial charge in [0, 0.05) is 0 Å². The summed E-state index contributed by atoms with van der Waals surface area (Å²) in [5, 5.41) is 38.2. The highest BCUT2D eigenvalue weighted by Gasteiger charge is 2.43. The van der Waals surface area contributed by atoms with Crippen molar-refractivity contribution in [2.75, 3.05) is 7.11 Å². The number of carboxylic acid groups (broad SMARTS) is 1. The molecule has 8 heteroatoms. The Morgan fingerprint density at radius 2 is 1.82 bits per heavy atom. The highest BCUT2D eigenvalue weighted by atomic mass is 16.7. The molecule has 0 aliphatic carbocycles. The SMILES string of the molecule is COc1cc(C(=O)O)ccc1OC1OC(C)C(O)C(O)C1O. The zero-order valence-electron chi connectivity index (χ0n) is 12.0. The molecule has 1 fully saturated rings. The molecular weight excluding hydrogens is 296 g/mol. The third kappa shape index (κ3) is 3.14. The van der Waals surface area contributed by atoms with Gasteiger partial charge in [-0.05, 0) is 25.1 Å². The first-order chi connectivity index (χ1) is 10.3. The van der Waals surface area contributed by atoms with Crippen LogP contribution < -0.4 is 9.47 Å². The number of hydrogen-bond donors (Lipinski definition) is 4. The van der Waals surface area contributed by atoms with Gasteiger partial charge in [-0.3, -0.25) is 0 Å². The molecule has 1 saturated heterocycles. The topological polar surface area (TPSA) is 126 Å². The van der Waals surface area contributed by atoms with Crippen molar-refractivity contribution in [1.29, 1.82) is 0 Å². The molecule has 4 N–H and O–H groups in total. The third-order valence-corrected chi connectivity index (χ3v) is 3.46. The Kier molecular flexibility index (Phi) is 4.87. The van der Waals surface area contributed by atoms with Gasteiger partial charge >= 0.3 is 5.97 Å². The van der Waals surface area contributed by atoms with Crippen molar-refractivity contribution in [2.24, 2.45) is 0 Å². The van der Waals surface area contributed by atoms with E-state index in [2.05, 4.69) is 0 Å². The molecule has 1 aliphatic rings. The molecule has 1 aromatic carbocycles. The fourth-order valence-electron chi connectivity index (χ4n) is 2.13. The number of aromatic carboxylic acids is 1. The van der Waals surface area contributed by atoms with E-state index in [1.165, 1.54) is 32.2 Å². The molecule has 5 atom stereocenters. The first-order valence-electron chi connectivity index (χ1n) is 6.62. The lowest BCUT2D eigenvalue weighted by molar-refractivity contribution is -0.268. The number of aliphatic hydroxyl groups is 3. The highest BCUT2D eigenvalue weighted by Crippen LogP contribution is 2.31. The Hall–Kier alpha value is -1.87. The minimum Gasteiger partial charge on any atom is -0.493 e. The summed E-state index contributed by atoms with van der Waals surface area (Å²) >= 11 is 0. The number of hydrogen-bond acceptors (Lipinski definition) is 7. The van der Waals surface area contributed by atoms with E-state index in [0.717, 1.165) is 0 Å². The number of ether oxygens (including phenoxy) is 3. The lowest BCUT2D eigenvalue weighted by Crippen LogP contribution is -2.58. The number of methoxy groups -OCH3 is 1. The zero-order valence-corrected chi connectivity index (χ0v) is 12.0. The van der Waals surface area contributed by atoms with Crippen LogP contribution in [0.25, 0.3) is 0 Å². The summed E-state index contributed by atoms with van der Waals surface area (Å²) < 4.78 is 15.8. The van der Waals surface area contributed by atoms with Gasteiger partial charge in [-0.2, -0.15) is 0 Å². The lowest BCUT2D eigenvalue weighted by Gasteiger charge is -2.39. The molecule has 8 nitrogen and oxygen atoms in total. The smallest absolute Gasteiger partial charge is 0.335 e. The highest BCUT2D eigenvalue weighted by molar-refractivity contribution is 5.88. The zero-order chi connectivity index (χ0) is 16.4. The number of carbonyl (C=O) groups is 1. The van der Waals surface area contributed by atoms with Crippen LogP contribution in [-0.2, 0) is 4.74 Å². The van der Waals surface area contributed by atoms with Crippen LogP contribution in [0.3, 0.4) is 0 Å².